The van der Waals surface area contributed by atoms with Crippen LogP contribution in [-0.2, 0) is 4.74 Å². The van der Waals surface area contributed by atoms with E-state index >= 15 is 0 Å². The zero-order valence-electron chi connectivity index (χ0n) is 13.4. The summed E-state index contributed by atoms with van der Waals surface area (Å²) in [6, 6.07) is 5.87. The summed E-state index contributed by atoms with van der Waals surface area (Å²) in [6.07, 6.45) is 0.896. The van der Waals surface area contributed by atoms with Crippen LogP contribution < -0.4 is 14.8 Å². The van der Waals surface area contributed by atoms with Crippen molar-refractivity contribution in [3.05, 3.63) is 23.8 Å². The van der Waals surface area contributed by atoms with Crippen molar-refractivity contribution in [2.24, 2.45) is 0 Å². The summed E-state index contributed by atoms with van der Waals surface area (Å²) in [5.41, 5.74) is 0.746. The first-order valence-electron chi connectivity index (χ1n) is 7.09. The number of ether oxygens (including phenoxy) is 3. The predicted molar refractivity (Wildman–Crippen MR) is 81.7 cm³/mol. The van der Waals surface area contributed by atoms with E-state index in [9.17, 15) is 0 Å². The third-order valence-electron chi connectivity index (χ3n) is 3.82. The Labute approximate surface area is 122 Å². The minimum Gasteiger partial charge on any atom is -0.497 e. The van der Waals surface area contributed by atoms with Gasteiger partial charge in [-0.15, -0.1) is 0 Å². The number of benzene rings is 1. The lowest BCUT2D eigenvalue weighted by Crippen LogP contribution is -2.42. The molecule has 1 aromatic carbocycles. The molecule has 20 heavy (non-hydrogen) atoms. The van der Waals surface area contributed by atoms with Crippen molar-refractivity contribution in [1.82, 2.24) is 5.32 Å². The molecule has 0 bridgehead atoms. The Bertz CT molecular complexity index is 422. The van der Waals surface area contributed by atoms with Crippen LogP contribution in [0.1, 0.15) is 38.8 Å². The van der Waals surface area contributed by atoms with Gasteiger partial charge in [0.25, 0.3) is 0 Å². The van der Waals surface area contributed by atoms with Gasteiger partial charge in [0.2, 0.25) is 0 Å². The van der Waals surface area contributed by atoms with Gasteiger partial charge in [0, 0.05) is 12.2 Å². The first-order valence-corrected chi connectivity index (χ1v) is 7.09. The summed E-state index contributed by atoms with van der Waals surface area (Å²) in [6.45, 7) is 6.95. The number of rotatable bonds is 8. The van der Waals surface area contributed by atoms with Gasteiger partial charge in [0.1, 0.15) is 11.5 Å². The van der Waals surface area contributed by atoms with E-state index in [2.05, 4.69) is 19.2 Å². The second kappa shape index (κ2) is 7.50. The van der Waals surface area contributed by atoms with E-state index in [0.717, 1.165) is 23.5 Å². The van der Waals surface area contributed by atoms with Gasteiger partial charge in [-0.25, -0.2) is 0 Å². The number of likely N-dealkylation sites (N-methyl/N-ethyl adjacent to an activating group) is 1. The Kier molecular flexibility index (Phi) is 6.30. The van der Waals surface area contributed by atoms with E-state index in [4.69, 9.17) is 14.2 Å². The summed E-state index contributed by atoms with van der Waals surface area (Å²) in [4.78, 5) is 0. The quantitative estimate of drug-likeness (QED) is 0.794. The normalized spacial score (nSPS) is 15.5. The second-order valence-corrected chi connectivity index (χ2v) is 4.93. The maximum absolute atomic E-state index is 6.00. The van der Waals surface area contributed by atoms with Gasteiger partial charge in [-0.1, -0.05) is 6.92 Å². The van der Waals surface area contributed by atoms with E-state index in [1.165, 1.54) is 0 Å². The standard InChI is InChI=1S/C16H27NO3/c1-7-16(3,20-8-2)15(17-4)13-11-12(18-5)9-10-14(13)19-6/h9-11,15,17H,7-8H2,1-6H3. The fourth-order valence-corrected chi connectivity index (χ4v) is 2.57. The summed E-state index contributed by atoms with van der Waals surface area (Å²) in [5.74, 6) is 1.65. The Balaban J connectivity index is 3.28. The maximum Gasteiger partial charge on any atom is 0.124 e. The van der Waals surface area contributed by atoms with Crippen LogP contribution in [0.3, 0.4) is 0 Å². The fraction of sp³-hybridized carbons (Fsp3) is 0.625. The van der Waals surface area contributed by atoms with Gasteiger partial charge in [-0.05, 0) is 45.5 Å². The smallest absolute Gasteiger partial charge is 0.124 e. The molecule has 4 heteroatoms. The van der Waals surface area contributed by atoms with E-state index in [1.54, 1.807) is 14.2 Å². The number of hydrogen-bond acceptors (Lipinski definition) is 4. The Morgan fingerprint density at radius 3 is 2.35 bits per heavy atom. The molecule has 1 rings (SSSR count). The van der Waals surface area contributed by atoms with Crippen molar-refractivity contribution >= 4 is 0 Å². The molecule has 4 nitrogen and oxygen atoms in total. The van der Waals surface area contributed by atoms with Crippen LogP contribution in [-0.4, -0.2) is 33.5 Å². The van der Waals surface area contributed by atoms with E-state index in [0.29, 0.717) is 6.61 Å². The second-order valence-electron chi connectivity index (χ2n) is 4.93. The van der Waals surface area contributed by atoms with Crippen molar-refractivity contribution in [3.63, 3.8) is 0 Å². The number of hydrogen-bond donors (Lipinski definition) is 1. The fourth-order valence-electron chi connectivity index (χ4n) is 2.57. The average molecular weight is 281 g/mol. The van der Waals surface area contributed by atoms with Crippen molar-refractivity contribution in [3.8, 4) is 11.5 Å². The van der Waals surface area contributed by atoms with Crippen molar-refractivity contribution in [2.75, 3.05) is 27.9 Å². The summed E-state index contributed by atoms with van der Waals surface area (Å²) in [5, 5.41) is 3.36. The minimum absolute atomic E-state index is 0.0255. The highest BCUT2D eigenvalue weighted by Crippen LogP contribution is 2.38. The molecule has 0 aromatic heterocycles. The lowest BCUT2D eigenvalue weighted by molar-refractivity contribution is -0.0551. The van der Waals surface area contributed by atoms with E-state index < -0.39 is 0 Å². The highest BCUT2D eigenvalue weighted by molar-refractivity contribution is 5.43. The monoisotopic (exact) mass is 281 g/mol. The van der Waals surface area contributed by atoms with Gasteiger partial charge < -0.3 is 19.5 Å². The lowest BCUT2D eigenvalue weighted by Gasteiger charge is -2.37. The van der Waals surface area contributed by atoms with Gasteiger partial charge in [0.05, 0.1) is 25.9 Å². The highest BCUT2D eigenvalue weighted by Gasteiger charge is 2.35. The van der Waals surface area contributed by atoms with Crippen LogP contribution >= 0.6 is 0 Å². The molecule has 0 aliphatic heterocycles. The molecule has 0 aliphatic carbocycles. The van der Waals surface area contributed by atoms with Crippen molar-refractivity contribution < 1.29 is 14.2 Å². The molecule has 0 saturated carbocycles. The van der Waals surface area contributed by atoms with Gasteiger partial charge in [-0.3, -0.25) is 0 Å². The van der Waals surface area contributed by atoms with Crippen LogP contribution in [0, 0.1) is 0 Å². The first-order chi connectivity index (χ1) is 9.56. The molecule has 1 N–H and O–H groups in total. The molecule has 0 fully saturated rings. The lowest BCUT2D eigenvalue weighted by atomic mass is 9.87. The Hall–Kier alpha value is -1.26. The molecular formula is C16H27NO3. The molecule has 2 unspecified atom stereocenters. The zero-order valence-corrected chi connectivity index (χ0v) is 13.4. The summed E-state index contributed by atoms with van der Waals surface area (Å²) < 4.78 is 16.8. The maximum atomic E-state index is 6.00. The molecule has 1 aromatic rings. The average Bonchev–Trinajstić information content (AvgIpc) is 2.48. The van der Waals surface area contributed by atoms with Crippen LogP contribution in [0.25, 0.3) is 0 Å². The van der Waals surface area contributed by atoms with Gasteiger partial charge in [-0.2, -0.15) is 0 Å². The third-order valence-corrected chi connectivity index (χ3v) is 3.82. The Morgan fingerprint density at radius 2 is 1.90 bits per heavy atom. The van der Waals surface area contributed by atoms with Crippen molar-refractivity contribution in [2.45, 2.75) is 38.8 Å². The largest absolute Gasteiger partial charge is 0.497 e. The van der Waals surface area contributed by atoms with Crippen LogP contribution in [0.2, 0.25) is 0 Å². The van der Waals surface area contributed by atoms with Crippen LogP contribution in [0.4, 0.5) is 0 Å². The van der Waals surface area contributed by atoms with Crippen molar-refractivity contribution in [1.29, 1.82) is 0 Å². The molecule has 0 amide bonds. The number of nitrogens with one attached hydrogen (secondary N) is 1. The summed E-state index contributed by atoms with van der Waals surface area (Å²) >= 11 is 0. The third kappa shape index (κ3) is 3.44. The van der Waals surface area contributed by atoms with Crippen LogP contribution in [0.15, 0.2) is 18.2 Å². The number of methoxy groups -OCH3 is 2. The highest BCUT2D eigenvalue weighted by atomic mass is 16.5. The zero-order chi connectivity index (χ0) is 15.2. The molecule has 0 heterocycles. The minimum atomic E-state index is -0.302. The first kappa shape index (κ1) is 16.8. The molecular weight excluding hydrogens is 254 g/mol. The molecule has 0 aliphatic rings. The Morgan fingerprint density at radius 1 is 1.20 bits per heavy atom. The molecule has 0 radical (unpaired) electrons. The SMILES string of the molecule is CCOC(C)(CC)C(NC)c1cc(OC)ccc1OC. The molecule has 2 atom stereocenters. The van der Waals surface area contributed by atoms with Gasteiger partial charge >= 0.3 is 0 Å². The molecule has 0 saturated heterocycles. The van der Waals surface area contributed by atoms with Crippen LogP contribution in [0.5, 0.6) is 11.5 Å². The topological polar surface area (TPSA) is 39.7 Å². The van der Waals surface area contributed by atoms with Gasteiger partial charge in [0.15, 0.2) is 0 Å². The van der Waals surface area contributed by atoms with E-state index in [1.807, 2.05) is 32.2 Å². The summed E-state index contributed by atoms with van der Waals surface area (Å²) in [7, 11) is 5.29. The molecule has 114 valence electrons. The predicted octanol–water partition coefficient (Wildman–Crippen LogP) is 3.17. The van der Waals surface area contributed by atoms with E-state index in [-0.39, 0.29) is 11.6 Å². The molecule has 0 spiro atoms.